The molecule has 0 aromatic carbocycles. The zero-order valence-corrected chi connectivity index (χ0v) is 6.88. The summed E-state index contributed by atoms with van der Waals surface area (Å²) >= 11 is 0. The van der Waals surface area contributed by atoms with Crippen molar-refractivity contribution in [2.24, 2.45) is 0 Å². The third-order valence-electron chi connectivity index (χ3n) is 2.08. The van der Waals surface area contributed by atoms with Crippen molar-refractivity contribution in [3.05, 3.63) is 23.6 Å². The lowest BCUT2D eigenvalue weighted by Gasteiger charge is -2.05. The topological polar surface area (TPSA) is 22.1 Å². The van der Waals surface area contributed by atoms with Crippen LogP contribution in [-0.2, 0) is 0 Å². The summed E-state index contributed by atoms with van der Waals surface area (Å²) < 4.78 is 18.2. The van der Waals surface area contributed by atoms with Crippen LogP contribution in [0.25, 0.3) is 0 Å². The Bertz CT molecular complexity index is 297. The Hall–Kier alpha value is -1.12. The lowest BCUT2D eigenvalue weighted by molar-refractivity contribution is 0.387. The first-order valence-electron chi connectivity index (χ1n) is 4.01. The number of methoxy groups -OCH3 is 1. The Morgan fingerprint density at radius 2 is 2.33 bits per heavy atom. The van der Waals surface area contributed by atoms with Gasteiger partial charge in [0.2, 0.25) is 5.88 Å². The zero-order valence-electron chi connectivity index (χ0n) is 6.88. The fourth-order valence-electron chi connectivity index (χ4n) is 1.34. The third-order valence-corrected chi connectivity index (χ3v) is 2.08. The van der Waals surface area contributed by atoms with Gasteiger partial charge in [-0.1, -0.05) is 0 Å². The lowest BCUT2D eigenvalue weighted by atomic mass is 10.2. The largest absolute Gasteiger partial charge is 0.481 e. The Morgan fingerprint density at radius 3 is 2.92 bits per heavy atom. The van der Waals surface area contributed by atoms with Crippen LogP contribution in [0.5, 0.6) is 5.88 Å². The molecule has 1 fully saturated rings. The highest BCUT2D eigenvalue weighted by atomic mass is 19.1. The molecule has 0 aliphatic heterocycles. The highest BCUT2D eigenvalue weighted by Gasteiger charge is 2.30. The Labute approximate surface area is 70.4 Å². The molecule has 1 aromatic heterocycles. The molecule has 0 unspecified atom stereocenters. The van der Waals surface area contributed by atoms with Gasteiger partial charge >= 0.3 is 0 Å². The van der Waals surface area contributed by atoms with E-state index in [0.717, 1.165) is 12.8 Å². The summed E-state index contributed by atoms with van der Waals surface area (Å²) in [5, 5.41) is 0. The number of halogens is 1. The first kappa shape index (κ1) is 7.53. The van der Waals surface area contributed by atoms with Gasteiger partial charge in [-0.3, -0.25) is 0 Å². The first-order chi connectivity index (χ1) is 5.83. The van der Waals surface area contributed by atoms with E-state index in [-0.39, 0.29) is 5.82 Å². The van der Waals surface area contributed by atoms with E-state index in [1.165, 1.54) is 19.4 Å². The lowest BCUT2D eigenvalue weighted by Crippen LogP contribution is -1.96. The quantitative estimate of drug-likeness (QED) is 0.673. The van der Waals surface area contributed by atoms with Crippen LogP contribution < -0.4 is 4.74 Å². The predicted octanol–water partition coefficient (Wildman–Crippen LogP) is 2.11. The van der Waals surface area contributed by atoms with Crippen LogP contribution in [0.15, 0.2) is 12.3 Å². The third kappa shape index (κ3) is 1.15. The van der Waals surface area contributed by atoms with Crippen LogP contribution in [0, 0.1) is 5.82 Å². The van der Waals surface area contributed by atoms with E-state index >= 15 is 0 Å². The number of hydrogen-bond donors (Lipinski definition) is 0. The Morgan fingerprint density at radius 1 is 1.58 bits per heavy atom. The average Bonchev–Trinajstić information content (AvgIpc) is 2.87. The van der Waals surface area contributed by atoms with E-state index in [4.69, 9.17) is 4.74 Å². The Balaban J connectivity index is 2.45. The van der Waals surface area contributed by atoms with Crippen LogP contribution in [-0.4, -0.2) is 12.1 Å². The van der Waals surface area contributed by atoms with Gasteiger partial charge in [-0.15, -0.1) is 0 Å². The summed E-state index contributed by atoms with van der Waals surface area (Å²) in [7, 11) is 1.52. The van der Waals surface area contributed by atoms with Crippen molar-refractivity contribution in [3.8, 4) is 5.88 Å². The maximum atomic E-state index is 13.2. The second kappa shape index (κ2) is 2.73. The number of aromatic nitrogens is 1. The molecule has 0 atom stereocenters. The second-order valence-corrected chi connectivity index (χ2v) is 2.99. The van der Waals surface area contributed by atoms with Crippen molar-refractivity contribution in [1.29, 1.82) is 0 Å². The number of ether oxygens (including phenoxy) is 1. The average molecular weight is 167 g/mol. The predicted molar refractivity (Wildman–Crippen MR) is 42.7 cm³/mol. The highest BCUT2D eigenvalue weighted by Crippen LogP contribution is 2.44. The van der Waals surface area contributed by atoms with Crippen molar-refractivity contribution in [1.82, 2.24) is 4.98 Å². The molecule has 0 amide bonds. The van der Waals surface area contributed by atoms with Crippen molar-refractivity contribution < 1.29 is 9.13 Å². The van der Waals surface area contributed by atoms with Crippen LogP contribution in [0.1, 0.15) is 24.3 Å². The second-order valence-electron chi connectivity index (χ2n) is 2.99. The number of nitrogens with zero attached hydrogens (tertiary/aromatic N) is 1. The molecule has 2 rings (SSSR count). The molecule has 0 saturated heterocycles. The summed E-state index contributed by atoms with van der Waals surface area (Å²) in [6.07, 6.45) is 3.54. The molecule has 1 aliphatic rings. The minimum atomic E-state index is -0.190. The van der Waals surface area contributed by atoms with E-state index in [2.05, 4.69) is 4.98 Å². The molecule has 0 spiro atoms. The van der Waals surface area contributed by atoms with Gasteiger partial charge in [0.1, 0.15) is 5.82 Å². The summed E-state index contributed by atoms with van der Waals surface area (Å²) in [5.74, 6) is 0.593. The highest BCUT2D eigenvalue weighted by molar-refractivity contribution is 5.33. The van der Waals surface area contributed by atoms with Crippen LogP contribution in [0.2, 0.25) is 0 Å². The van der Waals surface area contributed by atoms with Gasteiger partial charge in [-0.2, -0.15) is 0 Å². The van der Waals surface area contributed by atoms with Gasteiger partial charge in [0.05, 0.1) is 12.7 Å². The van der Waals surface area contributed by atoms with Gasteiger partial charge in [0.15, 0.2) is 0 Å². The van der Waals surface area contributed by atoms with Crippen molar-refractivity contribution in [2.45, 2.75) is 18.8 Å². The summed E-state index contributed by atoms with van der Waals surface area (Å²) in [6.45, 7) is 0. The van der Waals surface area contributed by atoms with E-state index in [1.54, 1.807) is 0 Å². The van der Waals surface area contributed by atoms with Crippen molar-refractivity contribution >= 4 is 0 Å². The molecule has 1 heterocycles. The van der Waals surface area contributed by atoms with E-state index in [0.29, 0.717) is 17.4 Å². The maximum absolute atomic E-state index is 13.2. The van der Waals surface area contributed by atoms with Crippen LogP contribution in [0.3, 0.4) is 0 Å². The number of rotatable bonds is 2. The molecule has 1 aliphatic carbocycles. The van der Waals surface area contributed by atoms with Gasteiger partial charge < -0.3 is 4.74 Å². The standard InChI is InChI=1S/C9H10FNO/c1-12-9-8(6-2-3-6)7(10)4-5-11-9/h4-6H,2-3H2,1H3. The molecule has 64 valence electrons. The molecular weight excluding hydrogens is 157 g/mol. The molecule has 3 heteroatoms. The minimum absolute atomic E-state index is 0.190. The van der Waals surface area contributed by atoms with Gasteiger partial charge in [-0.05, 0) is 24.8 Å². The van der Waals surface area contributed by atoms with Crippen molar-refractivity contribution in [3.63, 3.8) is 0 Å². The van der Waals surface area contributed by atoms with Gasteiger partial charge in [-0.25, -0.2) is 9.37 Å². The Kier molecular flexibility index (Phi) is 1.71. The number of pyridine rings is 1. The molecule has 12 heavy (non-hydrogen) atoms. The molecule has 0 N–H and O–H groups in total. The molecule has 0 bridgehead atoms. The summed E-state index contributed by atoms with van der Waals surface area (Å²) in [6, 6.07) is 1.39. The smallest absolute Gasteiger partial charge is 0.219 e. The molecule has 1 saturated carbocycles. The van der Waals surface area contributed by atoms with E-state index < -0.39 is 0 Å². The fraction of sp³-hybridized carbons (Fsp3) is 0.444. The molecular formula is C9H10FNO. The molecule has 0 radical (unpaired) electrons. The summed E-state index contributed by atoms with van der Waals surface area (Å²) in [4.78, 5) is 3.96. The summed E-state index contributed by atoms with van der Waals surface area (Å²) in [5.41, 5.74) is 0.653. The van der Waals surface area contributed by atoms with Crippen LogP contribution >= 0.6 is 0 Å². The number of hydrogen-bond acceptors (Lipinski definition) is 2. The van der Waals surface area contributed by atoms with Gasteiger partial charge in [0.25, 0.3) is 0 Å². The fourth-order valence-corrected chi connectivity index (χ4v) is 1.34. The molecule has 1 aromatic rings. The normalized spacial score (nSPS) is 16.2. The van der Waals surface area contributed by atoms with Crippen molar-refractivity contribution in [2.75, 3.05) is 7.11 Å². The van der Waals surface area contributed by atoms with E-state index in [9.17, 15) is 4.39 Å². The monoisotopic (exact) mass is 167 g/mol. The zero-order chi connectivity index (χ0) is 8.55. The first-order valence-corrected chi connectivity index (χ1v) is 4.01. The van der Waals surface area contributed by atoms with Gasteiger partial charge in [0, 0.05) is 6.20 Å². The minimum Gasteiger partial charge on any atom is -0.481 e. The SMILES string of the molecule is COc1nccc(F)c1C1CC1. The maximum Gasteiger partial charge on any atom is 0.219 e. The molecule has 2 nitrogen and oxygen atoms in total. The van der Waals surface area contributed by atoms with E-state index in [1.807, 2.05) is 0 Å². The van der Waals surface area contributed by atoms with Crippen LogP contribution in [0.4, 0.5) is 4.39 Å².